The molecule has 0 amide bonds. The zero-order chi connectivity index (χ0) is 10.4. The third-order valence-electron chi connectivity index (χ3n) is 1.77. The van der Waals surface area contributed by atoms with Crippen LogP contribution in [0.1, 0.15) is 33.1 Å². The minimum atomic E-state index is -0.700. The van der Waals surface area contributed by atoms with Gasteiger partial charge in [-0.05, 0) is 33.1 Å². The van der Waals surface area contributed by atoms with Crippen LogP contribution in [0.15, 0.2) is 0 Å². The molecule has 4 atom stereocenters. The molecule has 0 saturated heterocycles. The molecule has 0 aromatic carbocycles. The molecule has 4 unspecified atom stereocenters. The maximum atomic E-state index is 9.30. The van der Waals surface area contributed by atoms with Crippen molar-refractivity contribution in [3.8, 4) is 0 Å². The van der Waals surface area contributed by atoms with E-state index in [4.69, 9.17) is 10.2 Å². The molecule has 0 aliphatic rings. The van der Waals surface area contributed by atoms with Gasteiger partial charge in [0, 0.05) is 0 Å². The minimum absolute atomic E-state index is 0.204. The van der Waals surface area contributed by atoms with Gasteiger partial charge >= 0.3 is 0 Å². The fourth-order valence-electron chi connectivity index (χ4n) is 1.29. The zero-order valence-electron chi connectivity index (χ0n) is 8.22. The van der Waals surface area contributed by atoms with E-state index in [1.165, 1.54) is 0 Å². The number of rotatable bonds is 6. The highest BCUT2D eigenvalue weighted by molar-refractivity contribution is 4.67. The van der Waals surface area contributed by atoms with Crippen LogP contribution in [0.25, 0.3) is 0 Å². The lowest BCUT2D eigenvalue weighted by molar-refractivity contribution is 0.0252. The second-order valence-corrected chi connectivity index (χ2v) is 3.71. The van der Waals surface area contributed by atoms with E-state index in [2.05, 4.69) is 0 Å². The topological polar surface area (TPSA) is 80.9 Å². The van der Waals surface area contributed by atoms with Crippen molar-refractivity contribution in [1.82, 2.24) is 0 Å². The Morgan fingerprint density at radius 1 is 0.692 bits per heavy atom. The lowest BCUT2D eigenvalue weighted by atomic mass is 10.0. The summed E-state index contributed by atoms with van der Waals surface area (Å²) in [6.07, 6.45) is -1.80. The Hall–Kier alpha value is -0.160. The molecule has 0 spiro atoms. The average Bonchev–Trinajstić information content (AvgIpc) is 1.80. The van der Waals surface area contributed by atoms with Crippen LogP contribution >= 0.6 is 0 Å². The summed E-state index contributed by atoms with van der Waals surface area (Å²) >= 11 is 0. The van der Waals surface area contributed by atoms with Crippen molar-refractivity contribution in [2.24, 2.45) is 0 Å². The van der Waals surface area contributed by atoms with Crippen molar-refractivity contribution in [3.05, 3.63) is 0 Å². The van der Waals surface area contributed by atoms with Gasteiger partial charge in [-0.2, -0.15) is 0 Å². The summed E-state index contributed by atoms with van der Waals surface area (Å²) in [4.78, 5) is 0. The molecule has 0 fully saturated rings. The Balaban J connectivity index is 3.58. The van der Waals surface area contributed by atoms with E-state index in [0.29, 0.717) is 0 Å². The third-order valence-corrected chi connectivity index (χ3v) is 1.77. The molecule has 0 aromatic rings. The summed E-state index contributed by atoms with van der Waals surface area (Å²) < 4.78 is 0. The van der Waals surface area contributed by atoms with E-state index in [0.717, 1.165) is 0 Å². The first-order valence-corrected chi connectivity index (χ1v) is 4.64. The van der Waals surface area contributed by atoms with E-state index in [1.807, 2.05) is 0 Å². The van der Waals surface area contributed by atoms with Gasteiger partial charge in [-0.1, -0.05) is 0 Å². The van der Waals surface area contributed by atoms with E-state index < -0.39 is 24.4 Å². The van der Waals surface area contributed by atoms with Gasteiger partial charge in [0.25, 0.3) is 0 Å². The molecule has 4 nitrogen and oxygen atoms in total. The van der Waals surface area contributed by atoms with Gasteiger partial charge in [-0.25, -0.2) is 0 Å². The molecular weight excluding hydrogens is 172 g/mol. The lowest BCUT2D eigenvalue weighted by Crippen LogP contribution is -2.24. The van der Waals surface area contributed by atoms with Crippen LogP contribution in [0.2, 0.25) is 0 Å². The van der Waals surface area contributed by atoms with Crippen LogP contribution in [-0.4, -0.2) is 44.8 Å². The van der Waals surface area contributed by atoms with Crippen molar-refractivity contribution in [1.29, 1.82) is 0 Å². The summed E-state index contributed by atoms with van der Waals surface area (Å²) in [5, 5.41) is 36.5. The molecule has 80 valence electrons. The number of aliphatic hydroxyl groups is 4. The Morgan fingerprint density at radius 2 is 1.00 bits per heavy atom. The molecule has 0 heterocycles. The predicted molar refractivity (Wildman–Crippen MR) is 49.2 cm³/mol. The Bertz CT molecular complexity index is 111. The first kappa shape index (κ1) is 12.8. The van der Waals surface area contributed by atoms with Gasteiger partial charge in [-0.15, -0.1) is 0 Å². The fraction of sp³-hybridized carbons (Fsp3) is 1.00. The Kier molecular flexibility index (Phi) is 6.24. The normalized spacial score (nSPS) is 20.8. The Morgan fingerprint density at radius 3 is 1.23 bits per heavy atom. The molecule has 0 aromatic heterocycles. The fourth-order valence-corrected chi connectivity index (χ4v) is 1.29. The molecule has 0 radical (unpaired) electrons. The van der Waals surface area contributed by atoms with Crippen LogP contribution in [0, 0.1) is 0 Å². The maximum Gasteiger partial charge on any atom is 0.0589 e. The minimum Gasteiger partial charge on any atom is -0.393 e. The van der Waals surface area contributed by atoms with Gasteiger partial charge in [0.15, 0.2) is 0 Å². The van der Waals surface area contributed by atoms with E-state index >= 15 is 0 Å². The highest BCUT2D eigenvalue weighted by atomic mass is 16.3. The van der Waals surface area contributed by atoms with E-state index in [9.17, 15) is 10.2 Å². The van der Waals surface area contributed by atoms with Crippen molar-refractivity contribution in [2.75, 3.05) is 0 Å². The molecule has 0 saturated carbocycles. The van der Waals surface area contributed by atoms with Crippen LogP contribution in [0.5, 0.6) is 0 Å². The zero-order valence-corrected chi connectivity index (χ0v) is 8.22. The van der Waals surface area contributed by atoms with Gasteiger partial charge in [0.2, 0.25) is 0 Å². The van der Waals surface area contributed by atoms with Crippen molar-refractivity contribution < 1.29 is 20.4 Å². The predicted octanol–water partition coefficient (Wildman–Crippen LogP) is -0.360. The van der Waals surface area contributed by atoms with Crippen molar-refractivity contribution in [2.45, 2.75) is 57.5 Å². The van der Waals surface area contributed by atoms with E-state index in [-0.39, 0.29) is 19.3 Å². The first-order valence-electron chi connectivity index (χ1n) is 4.64. The molecular formula is C9H20O4. The second kappa shape index (κ2) is 6.32. The highest BCUT2D eigenvalue weighted by Gasteiger charge is 2.15. The third kappa shape index (κ3) is 8.18. The second-order valence-electron chi connectivity index (χ2n) is 3.71. The number of hydrogen-bond donors (Lipinski definition) is 4. The van der Waals surface area contributed by atoms with Gasteiger partial charge < -0.3 is 20.4 Å². The average molecular weight is 192 g/mol. The summed E-state index contributed by atoms with van der Waals surface area (Å²) in [7, 11) is 0. The monoisotopic (exact) mass is 192 g/mol. The molecule has 0 aliphatic carbocycles. The first-order chi connectivity index (χ1) is 5.91. The SMILES string of the molecule is CC(O)CC(O)CC(O)CC(C)O. The van der Waals surface area contributed by atoms with Crippen molar-refractivity contribution >= 4 is 0 Å². The molecule has 0 rings (SSSR count). The summed E-state index contributed by atoms with van der Waals surface area (Å²) in [5.74, 6) is 0. The standard InChI is InChI=1S/C9H20O4/c1-6(10)3-8(12)5-9(13)4-7(2)11/h6-13H,3-5H2,1-2H3. The largest absolute Gasteiger partial charge is 0.393 e. The van der Waals surface area contributed by atoms with Crippen LogP contribution in [-0.2, 0) is 0 Å². The summed E-state index contributed by atoms with van der Waals surface area (Å²) in [5.41, 5.74) is 0. The molecule has 13 heavy (non-hydrogen) atoms. The summed E-state index contributed by atoms with van der Waals surface area (Å²) in [6, 6.07) is 0. The molecule has 4 heteroatoms. The Labute approximate surface area is 78.8 Å². The molecule has 0 aliphatic heterocycles. The molecule has 4 N–H and O–H groups in total. The maximum absolute atomic E-state index is 9.30. The number of hydrogen-bond acceptors (Lipinski definition) is 4. The van der Waals surface area contributed by atoms with Crippen LogP contribution in [0.4, 0.5) is 0 Å². The molecule has 0 bridgehead atoms. The van der Waals surface area contributed by atoms with E-state index in [1.54, 1.807) is 13.8 Å². The quantitative estimate of drug-likeness (QED) is 0.463. The smallest absolute Gasteiger partial charge is 0.0589 e. The van der Waals surface area contributed by atoms with Gasteiger partial charge in [0.05, 0.1) is 24.4 Å². The van der Waals surface area contributed by atoms with Gasteiger partial charge in [0.1, 0.15) is 0 Å². The summed E-state index contributed by atoms with van der Waals surface area (Å²) in [6.45, 7) is 3.18. The van der Waals surface area contributed by atoms with Crippen LogP contribution < -0.4 is 0 Å². The van der Waals surface area contributed by atoms with Crippen molar-refractivity contribution in [3.63, 3.8) is 0 Å². The highest BCUT2D eigenvalue weighted by Crippen LogP contribution is 2.09. The number of aliphatic hydroxyl groups excluding tert-OH is 4. The lowest BCUT2D eigenvalue weighted by Gasteiger charge is -2.17. The van der Waals surface area contributed by atoms with Crippen LogP contribution in [0.3, 0.4) is 0 Å². The van der Waals surface area contributed by atoms with Gasteiger partial charge in [-0.3, -0.25) is 0 Å².